The first kappa shape index (κ1) is 36.1. The summed E-state index contributed by atoms with van der Waals surface area (Å²) in [5.74, 6) is -10.3. The van der Waals surface area contributed by atoms with Gasteiger partial charge in [-0.2, -0.15) is 17.6 Å². The molecule has 0 aromatic carbocycles. The predicted molar refractivity (Wildman–Crippen MR) is 161 cm³/mol. The molecule has 17 heteroatoms. The number of halogens is 6. The molecule has 8 aliphatic heterocycles. The van der Waals surface area contributed by atoms with Gasteiger partial charge in [-0.1, -0.05) is 0 Å². The molecule has 4 atom stereocenters. The summed E-state index contributed by atoms with van der Waals surface area (Å²) in [6.07, 6.45) is 1.26. The number of likely N-dealkylation sites (N-methyl/N-ethyl adjacent to an activating group) is 2. The van der Waals surface area contributed by atoms with Crippen LogP contribution in [-0.2, 0) is 14.4 Å². The minimum atomic E-state index is -3.12. The lowest BCUT2D eigenvalue weighted by Gasteiger charge is -2.35. The fraction of sp³-hybridized carbons (Fsp3) is 0.900. The van der Waals surface area contributed by atoms with Crippen molar-refractivity contribution in [3.63, 3.8) is 0 Å². The van der Waals surface area contributed by atoms with Gasteiger partial charge in [0, 0.05) is 116 Å². The van der Waals surface area contributed by atoms with Crippen molar-refractivity contribution in [2.24, 2.45) is 0 Å². The molecule has 0 bridgehead atoms. The molecule has 0 radical (unpaired) electrons. The molecule has 8 rings (SSSR count). The van der Waals surface area contributed by atoms with E-state index in [2.05, 4.69) is 22.6 Å². The van der Waals surface area contributed by atoms with E-state index < -0.39 is 29.6 Å². The number of amides is 3. The highest BCUT2D eigenvalue weighted by Crippen LogP contribution is 2.35. The number of rotatable bonds is 0. The first-order valence-electron chi connectivity index (χ1n) is 16.6. The van der Waals surface area contributed by atoms with Crippen LogP contribution in [-0.4, -0.2) is 188 Å². The topological polar surface area (TPSA) is 94.7 Å². The van der Waals surface area contributed by atoms with Crippen LogP contribution in [0.5, 0.6) is 0 Å². The number of carbonyl (C=O) groups is 3. The predicted octanol–water partition coefficient (Wildman–Crippen LogP) is 0.216. The van der Waals surface area contributed by atoms with Gasteiger partial charge in [0.05, 0.1) is 18.6 Å². The van der Waals surface area contributed by atoms with Gasteiger partial charge in [-0.25, -0.2) is 8.78 Å². The molecule has 2 N–H and O–H groups in total. The molecule has 0 aromatic rings. The molecule has 47 heavy (non-hydrogen) atoms. The maximum Gasteiger partial charge on any atom is 0.326 e. The number of hydrogen-bond acceptors (Lipinski definition) is 8. The maximum absolute atomic E-state index is 13.0. The molecule has 0 saturated carbocycles. The number of nitrogens with one attached hydrogen (secondary N) is 2. The quantitative estimate of drug-likeness (QED) is 0.351. The van der Waals surface area contributed by atoms with Crippen LogP contribution in [0.4, 0.5) is 26.3 Å². The van der Waals surface area contributed by atoms with E-state index in [-0.39, 0.29) is 43.9 Å². The summed E-state index contributed by atoms with van der Waals surface area (Å²) >= 11 is 0. The highest BCUT2D eigenvalue weighted by atomic mass is 19.3. The van der Waals surface area contributed by atoms with Gasteiger partial charge in [0.15, 0.2) is 0 Å². The molecule has 0 aliphatic carbocycles. The maximum atomic E-state index is 13.0. The van der Waals surface area contributed by atoms with Gasteiger partial charge in [0.2, 0.25) is 5.91 Å². The molecule has 4 unspecified atom stereocenters. The van der Waals surface area contributed by atoms with Crippen LogP contribution in [0.3, 0.4) is 0 Å². The molecule has 3 amide bonds. The monoisotopic (exact) mass is 682 g/mol. The van der Waals surface area contributed by atoms with Crippen molar-refractivity contribution in [1.29, 1.82) is 0 Å². The number of carbonyl (C=O) groups excluding carboxylic acids is 3. The van der Waals surface area contributed by atoms with Gasteiger partial charge in [-0.05, 0) is 20.5 Å². The van der Waals surface area contributed by atoms with Crippen molar-refractivity contribution in [1.82, 2.24) is 40.0 Å². The van der Waals surface area contributed by atoms with E-state index in [0.29, 0.717) is 51.2 Å². The molecular weight excluding hydrogens is 634 g/mol. The van der Waals surface area contributed by atoms with Crippen LogP contribution in [0.1, 0.15) is 32.1 Å². The number of hydrogen-bond donors (Lipinski definition) is 2. The minimum Gasteiger partial charge on any atom is -0.337 e. The fourth-order valence-corrected chi connectivity index (χ4v) is 7.79. The van der Waals surface area contributed by atoms with Gasteiger partial charge in [0.25, 0.3) is 17.7 Å². The van der Waals surface area contributed by atoms with E-state index >= 15 is 0 Å². The summed E-state index contributed by atoms with van der Waals surface area (Å²) in [5, 5.41) is 6.11. The second-order valence-electron chi connectivity index (χ2n) is 14.0. The van der Waals surface area contributed by atoms with E-state index in [4.69, 9.17) is 0 Å². The van der Waals surface area contributed by atoms with Crippen molar-refractivity contribution in [2.75, 3.05) is 99.2 Å². The van der Waals surface area contributed by atoms with Crippen LogP contribution in [0, 0.1) is 0 Å². The minimum absolute atomic E-state index is 0.0284. The standard InChI is InChI=1S/C8H12F2N2O.C8H14N2O.C7H10F2N2O.C7H12F2N2/c1-11-2-3-12-6(5-11)4-8(9,10)7(12)13;1-9-4-5-10-7(6-9)2-3-8(10)11;8-7(9)3-5-4-10-1-2-11(5)6(7)12;8-7(9)3-6-4-10-1-2-11(6)5-7/h6H,2-5H2,1H3;7H,2-6H2,1H3;5,10H,1-4H2;6,10H,1-5H2. The molecule has 0 spiro atoms. The Balaban J connectivity index is 0.000000123. The van der Waals surface area contributed by atoms with Crippen molar-refractivity contribution in [3.05, 3.63) is 0 Å². The van der Waals surface area contributed by atoms with Gasteiger partial charge in [-0.3, -0.25) is 19.3 Å². The van der Waals surface area contributed by atoms with Crippen molar-refractivity contribution < 1.29 is 40.7 Å². The highest BCUT2D eigenvalue weighted by molar-refractivity contribution is 5.86. The van der Waals surface area contributed by atoms with Crippen molar-refractivity contribution >= 4 is 17.7 Å². The Kier molecular flexibility index (Phi) is 11.0. The summed E-state index contributed by atoms with van der Waals surface area (Å²) in [6, 6.07) is 0.0440. The SMILES string of the molecule is CN1CCN2C(=O)C(F)(F)CC2C1.CN1CCN2C(=O)CCC2C1.FC1(F)CC2CNCCN2C1.O=C1N2CCNCC2CC1(F)F. The third-order valence-corrected chi connectivity index (χ3v) is 10.3. The summed E-state index contributed by atoms with van der Waals surface area (Å²) in [6.45, 7) is 8.64. The molecule has 8 fully saturated rings. The van der Waals surface area contributed by atoms with Gasteiger partial charge >= 0.3 is 11.8 Å². The zero-order chi connectivity index (χ0) is 34.1. The Bertz CT molecular complexity index is 1130. The smallest absolute Gasteiger partial charge is 0.326 e. The molecule has 0 aromatic heterocycles. The van der Waals surface area contributed by atoms with E-state index in [0.717, 1.165) is 52.1 Å². The van der Waals surface area contributed by atoms with E-state index in [1.807, 2.05) is 21.7 Å². The van der Waals surface area contributed by atoms with E-state index in [1.165, 1.54) is 9.80 Å². The van der Waals surface area contributed by atoms with Crippen LogP contribution in [0.2, 0.25) is 0 Å². The average molecular weight is 683 g/mol. The zero-order valence-corrected chi connectivity index (χ0v) is 27.2. The first-order chi connectivity index (χ1) is 22.1. The molecule has 11 nitrogen and oxygen atoms in total. The molecule has 268 valence electrons. The largest absolute Gasteiger partial charge is 0.337 e. The van der Waals surface area contributed by atoms with E-state index in [9.17, 15) is 40.7 Å². The summed E-state index contributed by atoms with van der Waals surface area (Å²) in [7, 11) is 4.01. The number of nitrogens with zero attached hydrogens (tertiary/aromatic N) is 6. The zero-order valence-electron chi connectivity index (χ0n) is 27.2. The van der Waals surface area contributed by atoms with Crippen molar-refractivity contribution in [3.8, 4) is 0 Å². The Morgan fingerprint density at radius 1 is 0.617 bits per heavy atom. The second-order valence-corrected chi connectivity index (χ2v) is 14.0. The summed E-state index contributed by atoms with van der Waals surface area (Å²) in [5.41, 5.74) is 0. The Hall–Kier alpha value is -2.21. The summed E-state index contributed by atoms with van der Waals surface area (Å²) in [4.78, 5) is 44.2. The second kappa shape index (κ2) is 14.3. The molecule has 8 saturated heterocycles. The number of fused-ring (bicyclic) bond motifs is 4. The lowest BCUT2D eigenvalue weighted by Crippen LogP contribution is -2.50. The molecule has 8 heterocycles. The van der Waals surface area contributed by atoms with Crippen LogP contribution in [0.25, 0.3) is 0 Å². The third-order valence-electron chi connectivity index (χ3n) is 10.3. The van der Waals surface area contributed by atoms with Gasteiger partial charge in [0.1, 0.15) is 0 Å². The summed E-state index contributed by atoms with van der Waals surface area (Å²) < 4.78 is 77.1. The third kappa shape index (κ3) is 8.51. The lowest BCUT2D eigenvalue weighted by atomic mass is 10.1. The van der Waals surface area contributed by atoms with Crippen LogP contribution < -0.4 is 10.6 Å². The molecule has 8 aliphatic rings. The Morgan fingerprint density at radius 3 is 1.77 bits per heavy atom. The molecular formula is C30H48F6N8O3. The normalized spacial score (nSPS) is 34.2. The van der Waals surface area contributed by atoms with E-state index in [1.54, 1.807) is 0 Å². The highest BCUT2D eigenvalue weighted by Gasteiger charge is 2.55. The first-order valence-corrected chi connectivity index (χ1v) is 16.6. The Labute approximate surface area is 271 Å². The van der Waals surface area contributed by atoms with Gasteiger partial charge in [-0.15, -0.1) is 0 Å². The van der Waals surface area contributed by atoms with Crippen molar-refractivity contribution in [2.45, 2.75) is 74.0 Å². The van der Waals surface area contributed by atoms with Crippen LogP contribution >= 0.6 is 0 Å². The van der Waals surface area contributed by atoms with Crippen LogP contribution in [0.15, 0.2) is 0 Å². The van der Waals surface area contributed by atoms with Gasteiger partial charge < -0.3 is 35.1 Å². The number of alkyl halides is 6. The lowest BCUT2D eigenvalue weighted by molar-refractivity contribution is -0.149. The Morgan fingerprint density at radius 2 is 1.15 bits per heavy atom. The fourth-order valence-electron chi connectivity index (χ4n) is 7.79. The number of piperazine rings is 4. The average Bonchev–Trinajstić information content (AvgIpc) is 3.67.